The molecule has 14 heavy (non-hydrogen) atoms. The molecule has 76 valence electrons. The Bertz CT molecular complexity index is 303. The lowest BCUT2D eigenvalue weighted by Gasteiger charge is -2.18. The van der Waals surface area contributed by atoms with Crippen molar-refractivity contribution < 1.29 is 4.39 Å². The molecule has 0 heterocycles. The van der Waals surface area contributed by atoms with Crippen LogP contribution in [0.25, 0.3) is 0 Å². The standard InChI is InChI=1S/C12H16FN/c1-4-14-12(9(2)3)10-5-7-11(13)8-6-10/h5-8,12,14H,2,4H2,1,3H3. The minimum Gasteiger partial charge on any atom is -0.307 e. The van der Waals surface area contributed by atoms with Crippen molar-refractivity contribution in [3.63, 3.8) is 0 Å². The highest BCUT2D eigenvalue weighted by atomic mass is 19.1. The maximum atomic E-state index is 12.7. The molecule has 0 aliphatic carbocycles. The Morgan fingerprint density at radius 2 is 2.00 bits per heavy atom. The minimum absolute atomic E-state index is 0.126. The van der Waals surface area contributed by atoms with E-state index in [4.69, 9.17) is 0 Å². The van der Waals surface area contributed by atoms with E-state index >= 15 is 0 Å². The van der Waals surface area contributed by atoms with Gasteiger partial charge in [0.15, 0.2) is 0 Å². The van der Waals surface area contributed by atoms with Crippen LogP contribution >= 0.6 is 0 Å². The molecule has 1 aromatic carbocycles. The first-order valence-electron chi connectivity index (χ1n) is 4.79. The summed E-state index contributed by atoms with van der Waals surface area (Å²) in [6.07, 6.45) is 0. The van der Waals surface area contributed by atoms with Crippen LogP contribution in [0.2, 0.25) is 0 Å². The van der Waals surface area contributed by atoms with Crippen LogP contribution in [0, 0.1) is 5.82 Å². The third-order valence-corrected chi connectivity index (χ3v) is 2.10. The van der Waals surface area contributed by atoms with Crippen LogP contribution in [0.15, 0.2) is 36.4 Å². The van der Waals surface area contributed by atoms with E-state index in [0.717, 1.165) is 17.7 Å². The van der Waals surface area contributed by atoms with E-state index in [1.54, 1.807) is 12.1 Å². The summed E-state index contributed by atoms with van der Waals surface area (Å²) in [6, 6.07) is 6.65. The summed E-state index contributed by atoms with van der Waals surface area (Å²) in [7, 11) is 0. The molecule has 1 N–H and O–H groups in total. The quantitative estimate of drug-likeness (QED) is 0.725. The lowest BCUT2D eigenvalue weighted by atomic mass is 10.0. The second-order valence-electron chi connectivity index (χ2n) is 3.39. The van der Waals surface area contributed by atoms with Gasteiger partial charge in [0.05, 0.1) is 6.04 Å². The van der Waals surface area contributed by atoms with Gasteiger partial charge < -0.3 is 5.32 Å². The SMILES string of the molecule is C=C(C)C(NCC)c1ccc(F)cc1. The third kappa shape index (κ3) is 2.67. The molecule has 0 aliphatic heterocycles. The molecule has 1 unspecified atom stereocenters. The Morgan fingerprint density at radius 1 is 1.43 bits per heavy atom. The van der Waals surface area contributed by atoms with Gasteiger partial charge in [-0.05, 0) is 31.2 Å². The molecule has 0 aliphatic rings. The summed E-state index contributed by atoms with van der Waals surface area (Å²) < 4.78 is 12.7. The van der Waals surface area contributed by atoms with Crippen molar-refractivity contribution >= 4 is 0 Å². The highest BCUT2D eigenvalue weighted by Gasteiger charge is 2.09. The van der Waals surface area contributed by atoms with Crippen molar-refractivity contribution in [3.05, 3.63) is 47.8 Å². The first-order valence-corrected chi connectivity index (χ1v) is 4.79. The zero-order valence-electron chi connectivity index (χ0n) is 8.68. The van der Waals surface area contributed by atoms with Gasteiger partial charge in [-0.3, -0.25) is 0 Å². The Morgan fingerprint density at radius 3 is 2.43 bits per heavy atom. The van der Waals surface area contributed by atoms with Gasteiger partial charge in [0, 0.05) is 0 Å². The summed E-state index contributed by atoms with van der Waals surface area (Å²) in [5, 5.41) is 3.30. The smallest absolute Gasteiger partial charge is 0.123 e. The summed E-state index contributed by atoms with van der Waals surface area (Å²) in [5.41, 5.74) is 2.10. The van der Waals surface area contributed by atoms with Crippen LogP contribution in [0.1, 0.15) is 25.5 Å². The molecular weight excluding hydrogens is 177 g/mol. The Balaban J connectivity index is 2.87. The average Bonchev–Trinajstić information content (AvgIpc) is 2.15. The topological polar surface area (TPSA) is 12.0 Å². The molecule has 0 spiro atoms. The molecule has 1 atom stereocenters. The molecule has 1 aromatic rings. The van der Waals surface area contributed by atoms with Crippen LogP contribution in [-0.4, -0.2) is 6.54 Å². The number of benzene rings is 1. The van der Waals surface area contributed by atoms with Gasteiger partial charge in [0.25, 0.3) is 0 Å². The number of nitrogens with one attached hydrogen (secondary N) is 1. The van der Waals surface area contributed by atoms with Crippen LogP contribution in [-0.2, 0) is 0 Å². The van der Waals surface area contributed by atoms with Crippen LogP contribution in [0.3, 0.4) is 0 Å². The molecule has 0 amide bonds. The summed E-state index contributed by atoms with van der Waals surface area (Å²) >= 11 is 0. The van der Waals surface area contributed by atoms with E-state index < -0.39 is 0 Å². The highest BCUT2D eigenvalue weighted by Crippen LogP contribution is 2.19. The normalized spacial score (nSPS) is 12.5. The number of halogens is 1. The predicted octanol–water partition coefficient (Wildman–Crippen LogP) is 3.05. The van der Waals surface area contributed by atoms with Gasteiger partial charge in [-0.1, -0.05) is 31.2 Å². The summed E-state index contributed by atoms with van der Waals surface area (Å²) in [5.74, 6) is -0.203. The fourth-order valence-corrected chi connectivity index (χ4v) is 1.44. The van der Waals surface area contributed by atoms with E-state index in [1.165, 1.54) is 12.1 Å². The molecule has 2 heteroatoms. The molecule has 0 radical (unpaired) electrons. The van der Waals surface area contributed by atoms with Crippen molar-refractivity contribution in [3.8, 4) is 0 Å². The largest absolute Gasteiger partial charge is 0.307 e. The van der Waals surface area contributed by atoms with Gasteiger partial charge in [-0.25, -0.2) is 4.39 Å². The molecule has 0 aromatic heterocycles. The fraction of sp³-hybridized carbons (Fsp3) is 0.333. The Kier molecular flexibility index (Phi) is 3.84. The molecule has 0 bridgehead atoms. The van der Waals surface area contributed by atoms with E-state index in [9.17, 15) is 4.39 Å². The number of likely N-dealkylation sites (N-methyl/N-ethyl adjacent to an activating group) is 1. The van der Waals surface area contributed by atoms with E-state index in [1.807, 2.05) is 13.8 Å². The predicted molar refractivity (Wildman–Crippen MR) is 57.6 cm³/mol. The Labute approximate surface area is 84.6 Å². The fourth-order valence-electron chi connectivity index (χ4n) is 1.44. The molecule has 1 nitrogen and oxygen atoms in total. The number of hydrogen-bond acceptors (Lipinski definition) is 1. The first kappa shape index (κ1) is 10.9. The summed E-state index contributed by atoms with van der Waals surface area (Å²) in [4.78, 5) is 0. The van der Waals surface area contributed by atoms with Gasteiger partial charge in [0.2, 0.25) is 0 Å². The lowest BCUT2D eigenvalue weighted by Crippen LogP contribution is -2.21. The monoisotopic (exact) mass is 193 g/mol. The zero-order chi connectivity index (χ0) is 10.6. The molecule has 0 fully saturated rings. The van der Waals surface area contributed by atoms with Gasteiger partial charge in [0.1, 0.15) is 5.82 Å². The zero-order valence-corrected chi connectivity index (χ0v) is 8.68. The Hall–Kier alpha value is -1.15. The average molecular weight is 193 g/mol. The van der Waals surface area contributed by atoms with Crippen LogP contribution in [0.4, 0.5) is 4.39 Å². The van der Waals surface area contributed by atoms with E-state index in [2.05, 4.69) is 11.9 Å². The molecule has 0 saturated heterocycles. The second kappa shape index (κ2) is 4.91. The summed E-state index contributed by atoms with van der Waals surface area (Å²) in [6.45, 7) is 8.80. The molecule has 1 rings (SSSR count). The van der Waals surface area contributed by atoms with E-state index in [0.29, 0.717) is 0 Å². The van der Waals surface area contributed by atoms with Crippen molar-refractivity contribution in [1.29, 1.82) is 0 Å². The van der Waals surface area contributed by atoms with Gasteiger partial charge >= 0.3 is 0 Å². The third-order valence-electron chi connectivity index (χ3n) is 2.10. The maximum Gasteiger partial charge on any atom is 0.123 e. The van der Waals surface area contributed by atoms with Crippen molar-refractivity contribution in [1.82, 2.24) is 5.32 Å². The van der Waals surface area contributed by atoms with Crippen molar-refractivity contribution in [2.45, 2.75) is 19.9 Å². The minimum atomic E-state index is -0.203. The van der Waals surface area contributed by atoms with E-state index in [-0.39, 0.29) is 11.9 Å². The number of hydrogen-bond donors (Lipinski definition) is 1. The second-order valence-corrected chi connectivity index (χ2v) is 3.39. The van der Waals surface area contributed by atoms with Gasteiger partial charge in [-0.15, -0.1) is 0 Å². The van der Waals surface area contributed by atoms with Crippen molar-refractivity contribution in [2.75, 3.05) is 6.54 Å². The van der Waals surface area contributed by atoms with Gasteiger partial charge in [-0.2, -0.15) is 0 Å². The first-order chi connectivity index (χ1) is 6.65. The molecule has 0 saturated carbocycles. The lowest BCUT2D eigenvalue weighted by molar-refractivity contribution is 0.609. The highest BCUT2D eigenvalue weighted by molar-refractivity contribution is 5.26. The van der Waals surface area contributed by atoms with Crippen LogP contribution < -0.4 is 5.32 Å². The molecular formula is C12H16FN. The number of rotatable bonds is 4. The maximum absolute atomic E-state index is 12.7. The van der Waals surface area contributed by atoms with Crippen LogP contribution in [0.5, 0.6) is 0 Å². The van der Waals surface area contributed by atoms with Crippen molar-refractivity contribution in [2.24, 2.45) is 0 Å².